The molecule has 0 spiro atoms. The van der Waals surface area contributed by atoms with Crippen molar-refractivity contribution in [2.24, 2.45) is 0 Å². The van der Waals surface area contributed by atoms with E-state index < -0.39 is 21.7 Å². The summed E-state index contributed by atoms with van der Waals surface area (Å²) < 4.78 is 58.1. The quantitative estimate of drug-likeness (QED) is 0.919. The van der Waals surface area contributed by atoms with Gasteiger partial charge in [0.15, 0.2) is 11.6 Å². The molecule has 2 rings (SSSR count). The van der Waals surface area contributed by atoms with Crippen molar-refractivity contribution >= 4 is 10.0 Å². The number of ether oxygens (including phenoxy) is 1. The first-order valence-corrected chi connectivity index (χ1v) is 7.90. The fourth-order valence-corrected chi connectivity index (χ4v) is 3.23. The smallest absolute Gasteiger partial charge is 0.241 e. The second-order valence-electron chi connectivity index (χ2n) is 4.70. The van der Waals surface area contributed by atoms with Crippen LogP contribution in [0.15, 0.2) is 41.3 Å². The van der Waals surface area contributed by atoms with E-state index in [1.165, 1.54) is 32.2 Å². The van der Waals surface area contributed by atoms with Gasteiger partial charge in [-0.25, -0.2) is 21.9 Å². The molecule has 0 aliphatic carbocycles. The zero-order chi connectivity index (χ0) is 16.3. The number of hydrogen-bond acceptors (Lipinski definition) is 3. The van der Waals surface area contributed by atoms with Crippen molar-refractivity contribution in [1.29, 1.82) is 0 Å². The van der Waals surface area contributed by atoms with Crippen LogP contribution in [0, 0.1) is 18.6 Å². The van der Waals surface area contributed by atoms with Crippen molar-refractivity contribution in [3.05, 3.63) is 59.2 Å². The number of methoxy groups -OCH3 is 1. The Balaban J connectivity index is 2.17. The van der Waals surface area contributed by atoms with Gasteiger partial charge in [-0.1, -0.05) is 6.07 Å². The molecule has 2 aromatic rings. The normalized spacial score (nSPS) is 11.5. The molecule has 0 atom stereocenters. The van der Waals surface area contributed by atoms with Gasteiger partial charge in [0.05, 0.1) is 12.0 Å². The average molecular weight is 327 g/mol. The van der Waals surface area contributed by atoms with Gasteiger partial charge in [-0.3, -0.25) is 0 Å². The molecule has 0 aliphatic heterocycles. The molecule has 0 saturated heterocycles. The number of nitrogens with one attached hydrogen (secondary N) is 1. The zero-order valence-corrected chi connectivity index (χ0v) is 12.9. The van der Waals surface area contributed by atoms with Crippen molar-refractivity contribution in [2.75, 3.05) is 7.11 Å². The van der Waals surface area contributed by atoms with Crippen molar-refractivity contribution < 1.29 is 21.9 Å². The highest BCUT2D eigenvalue weighted by Gasteiger charge is 2.17. The van der Waals surface area contributed by atoms with Crippen molar-refractivity contribution in [2.45, 2.75) is 18.4 Å². The van der Waals surface area contributed by atoms with Crippen LogP contribution in [-0.2, 0) is 16.6 Å². The molecule has 0 radical (unpaired) electrons. The van der Waals surface area contributed by atoms with Crippen molar-refractivity contribution in [3.8, 4) is 5.75 Å². The van der Waals surface area contributed by atoms with Crippen LogP contribution in [0.25, 0.3) is 0 Å². The Morgan fingerprint density at radius 2 is 1.86 bits per heavy atom. The summed E-state index contributed by atoms with van der Waals surface area (Å²) in [6.45, 7) is 1.42. The highest BCUT2D eigenvalue weighted by Crippen LogP contribution is 2.19. The summed E-state index contributed by atoms with van der Waals surface area (Å²) in [6.07, 6.45) is 0. The molecule has 2 aromatic carbocycles. The van der Waals surface area contributed by atoms with Crippen LogP contribution in [0.2, 0.25) is 0 Å². The highest BCUT2D eigenvalue weighted by atomic mass is 32.2. The van der Waals surface area contributed by atoms with E-state index in [0.717, 1.165) is 12.1 Å². The standard InChI is InChI=1S/C15H15F2NO3S/c1-10-7-12(16)4-6-15(10)22(19,20)18-9-11-3-5-14(21-2)13(17)8-11/h3-8,18H,9H2,1-2H3. The molecular weight excluding hydrogens is 312 g/mol. The van der Waals surface area contributed by atoms with Crippen molar-refractivity contribution in [1.82, 2.24) is 4.72 Å². The first-order chi connectivity index (χ1) is 10.3. The third-order valence-corrected chi connectivity index (χ3v) is 4.67. The molecule has 0 aromatic heterocycles. The van der Waals surface area contributed by atoms with Gasteiger partial charge in [0.2, 0.25) is 10.0 Å². The molecule has 0 aliphatic rings. The third-order valence-electron chi connectivity index (χ3n) is 3.11. The van der Waals surface area contributed by atoms with Crippen LogP contribution < -0.4 is 9.46 Å². The van der Waals surface area contributed by atoms with E-state index in [2.05, 4.69) is 4.72 Å². The largest absolute Gasteiger partial charge is 0.494 e. The molecule has 118 valence electrons. The second kappa shape index (κ2) is 6.41. The number of rotatable bonds is 5. The lowest BCUT2D eigenvalue weighted by atomic mass is 10.2. The molecule has 0 fully saturated rings. The van der Waals surface area contributed by atoms with Gasteiger partial charge in [0.25, 0.3) is 0 Å². The van der Waals surface area contributed by atoms with Crippen LogP contribution >= 0.6 is 0 Å². The van der Waals surface area contributed by atoms with Crippen LogP contribution in [-0.4, -0.2) is 15.5 Å². The topological polar surface area (TPSA) is 55.4 Å². The summed E-state index contributed by atoms with van der Waals surface area (Å²) in [5.41, 5.74) is 0.745. The average Bonchev–Trinajstić information content (AvgIpc) is 2.45. The molecular formula is C15H15F2NO3S. The minimum absolute atomic E-state index is 0.0112. The molecule has 22 heavy (non-hydrogen) atoms. The molecule has 0 unspecified atom stereocenters. The van der Waals surface area contributed by atoms with Crippen molar-refractivity contribution in [3.63, 3.8) is 0 Å². The summed E-state index contributed by atoms with van der Waals surface area (Å²) in [5.74, 6) is -0.994. The van der Waals surface area contributed by atoms with Gasteiger partial charge in [-0.2, -0.15) is 0 Å². The maximum Gasteiger partial charge on any atom is 0.241 e. The summed E-state index contributed by atoms with van der Waals surface area (Å²) in [4.78, 5) is -0.0112. The summed E-state index contributed by atoms with van der Waals surface area (Å²) in [7, 11) is -2.46. The van der Waals surface area contributed by atoms with E-state index in [-0.39, 0.29) is 17.2 Å². The Kier molecular flexibility index (Phi) is 4.77. The maximum atomic E-state index is 13.6. The van der Waals surface area contributed by atoms with E-state index in [4.69, 9.17) is 4.74 Å². The molecule has 1 N–H and O–H groups in total. The molecule has 0 saturated carbocycles. The molecule has 0 amide bonds. The Morgan fingerprint density at radius 3 is 2.45 bits per heavy atom. The fraction of sp³-hybridized carbons (Fsp3) is 0.200. The highest BCUT2D eigenvalue weighted by molar-refractivity contribution is 7.89. The third kappa shape index (κ3) is 3.61. The number of benzene rings is 2. The lowest BCUT2D eigenvalue weighted by molar-refractivity contribution is 0.386. The van der Waals surface area contributed by atoms with Gasteiger partial charge >= 0.3 is 0 Å². The van der Waals surface area contributed by atoms with E-state index in [1.807, 2.05) is 0 Å². The number of hydrogen-bond donors (Lipinski definition) is 1. The number of aryl methyl sites for hydroxylation is 1. The number of sulfonamides is 1. The number of halogens is 2. The predicted octanol–water partition coefficient (Wildman–Crippen LogP) is 2.76. The predicted molar refractivity (Wildman–Crippen MR) is 78.1 cm³/mol. The van der Waals surface area contributed by atoms with E-state index in [9.17, 15) is 17.2 Å². The van der Waals surface area contributed by atoms with Gasteiger partial charge in [0, 0.05) is 6.54 Å². The monoisotopic (exact) mass is 327 g/mol. The first kappa shape index (κ1) is 16.4. The maximum absolute atomic E-state index is 13.6. The SMILES string of the molecule is COc1ccc(CNS(=O)(=O)c2ccc(F)cc2C)cc1F. The molecule has 4 nitrogen and oxygen atoms in total. The van der Waals surface area contributed by atoms with Gasteiger partial charge in [-0.05, 0) is 48.4 Å². The summed E-state index contributed by atoms with van der Waals surface area (Å²) in [6, 6.07) is 7.58. The molecule has 0 bridgehead atoms. The minimum Gasteiger partial charge on any atom is -0.494 e. The molecule has 7 heteroatoms. The van der Waals surface area contributed by atoms with Crippen LogP contribution in [0.5, 0.6) is 5.75 Å². The fourth-order valence-electron chi connectivity index (χ4n) is 1.99. The van der Waals surface area contributed by atoms with Crippen LogP contribution in [0.3, 0.4) is 0 Å². The molecule has 0 heterocycles. The lowest BCUT2D eigenvalue weighted by Gasteiger charge is -2.10. The summed E-state index contributed by atoms with van der Waals surface area (Å²) >= 11 is 0. The van der Waals surface area contributed by atoms with Crippen LogP contribution in [0.4, 0.5) is 8.78 Å². The van der Waals surface area contributed by atoms with Gasteiger partial charge < -0.3 is 4.74 Å². The van der Waals surface area contributed by atoms with Crippen LogP contribution in [0.1, 0.15) is 11.1 Å². The van der Waals surface area contributed by atoms with E-state index in [0.29, 0.717) is 11.1 Å². The Labute approximate surface area is 127 Å². The zero-order valence-electron chi connectivity index (χ0n) is 12.1. The first-order valence-electron chi connectivity index (χ1n) is 6.42. The second-order valence-corrected chi connectivity index (χ2v) is 6.44. The Bertz CT molecular complexity index is 791. The summed E-state index contributed by atoms with van der Waals surface area (Å²) in [5, 5.41) is 0. The van der Waals surface area contributed by atoms with E-state index >= 15 is 0 Å². The lowest BCUT2D eigenvalue weighted by Crippen LogP contribution is -2.24. The minimum atomic E-state index is -3.80. The van der Waals surface area contributed by atoms with Gasteiger partial charge in [0.1, 0.15) is 5.82 Å². The Morgan fingerprint density at radius 1 is 1.14 bits per heavy atom. The Hall–Kier alpha value is -1.99. The van der Waals surface area contributed by atoms with Gasteiger partial charge in [-0.15, -0.1) is 0 Å². The van der Waals surface area contributed by atoms with E-state index in [1.54, 1.807) is 6.07 Å².